The highest BCUT2D eigenvalue weighted by Crippen LogP contribution is 2.36. The fraction of sp³-hybridized carbons (Fsp3) is 0.458. The third-order valence-electron chi connectivity index (χ3n) is 6.24. The fourth-order valence-corrected chi connectivity index (χ4v) is 5.31. The lowest BCUT2D eigenvalue weighted by molar-refractivity contribution is 0.0953. The van der Waals surface area contributed by atoms with Gasteiger partial charge in [0.15, 0.2) is 0 Å². The molecule has 0 unspecified atom stereocenters. The summed E-state index contributed by atoms with van der Waals surface area (Å²) in [6.07, 6.45) is 4.04. The molecule has 1 aliphatic carbocycles. The highest BCUT2D eigenvalue weighted by atomic mass is 32.1. The largest absolute Gasteiger partial charge is 0.353 e. The number of carbonyl (C=O) groups is 1. The van der Waals surface area contributed by atoms with Gasteiger partial charge in [-0.2, -0.15) is 0 Å². The Hall–Kier alpha value is -2.55. The molecule has 0 radical (unpaired) electrons. The van der Waals surface area contributed by atoms with Crippen molar-refractivity contribution in [2.24, 2.45) is 0 Å². The molecule has 3 N–H and O–H groups in total. The standard InChI is InChI=1S/C24H30N6OS/c1-15-13-27-24(26-9-11-30-10-8-25-14-16(30)2)29-22(15)21-12-19-18(4-3-5-20(19)32-21)23(31)28-17-6-7-17/h3-5,12-13,16-17,25H,6-11,14H2,1-2H3,(H,28,31)(H,26,27,29)/t16-/m1/s1. The average Bonchev–Trinajstić information content (AvgIpc) is 3.50. The number of hydrogen-bond donors (Lipinski definition) is 3. The van der Waals surface area contributed by atoms with E-state index in [9.17, 15) is 4.79 Å². The van der Waals surface area contributed by atoms with E-state index in [0.717, 1.165) is 77.3 Å². The van der Waals surface area contributed by atoms with Crippen LogP contribution in [0.15, 0.2) is 30.5 Å². The number of anilines is 1. The zero-order chi connectivity index (χ0) is 22.1. The van der Waals surface area contributed by atoms with Crippen LogP contribution in [0.1, 0.15) is 35.7 Å². The number of aryl methyl sites for hydroxylation is 1. The molecule has 0 spiro atoms. The summed E-state index contributed by atoms with van der Waals surface area (Å²) in [4.78, 5) is 25.6. The molecular weight excluding hydrogens is 420 g/mol. The molecule has 2 aromatic heterocycles. The van der Waals surface area contributed by atoms with Gasteiger partial charge in [-0.15, -0.1) is 11.3 Å². The lowest BCUT2D eigenvalue weighted by Crippen LogP contribution is -2.50. The van der Waals surface area contributed by atoms with Crippen molar-refractivity contribution in [1.29, 1.82) is 0 Å². The molecule has 32 heavy (non-hydrogen) atoms. The van der Waals surface area contributed by atoms with Gasteiger partial charge in [0.1, 0.15) is 0 Å². The number of hydrogen-bond acceptors (Lipinski definition) is 7. The minimum absolute atomic E-state index is 0.0198. The molecule has 1 atom stereocenters. The molecule has 1 saturated heterocycles. The minimum atomic E-state index is 0.0198. The summed E-state index contributed by atoms with van der Waals surface area (Å²) in [5.74, 6) is 0.670. The van der Waals surface area contributed by atoms with Gasteiger partial charge < -0.3 is 16.0 Å². The summed E-state index contributed by atoms with van der Waals surface area (Å²) in [7, 11) is 0. The van der Waals surface area contributed by atoms with E-state index in [0.29, 0.717) is 18.0 Å². The maximum Gasteiger partial charge on any atom is 0.252 e. The third kappa shape index (κ3) is 4.62. The predicted octanol–water partition coefficient (Wildman–Crippen LogP) is 3.26. The summed E-state index contributed by atoms with van der Waals surface area (Å²) < 4.78 is 1.10. The Morgan fingerprint density at radius 1 is 1.34 bits per heavy atom. The van der Waals surface area contributed by atoms with E-state index in [4.69, 9.17) is 4.98 Å². The van der Waals surface area contributed by atoms with E-state index in [2.05, 4.69) is 44.9 Å². The zero-order valence-electron chi connectivity index (χ0n) is 18.6. The van der Waals surface area contributed by atoms with Crippen LogP contribution in [0.4, 0.5) is 5.95 Å². The lowest BCUT2D eigenvalue weighted by atomic mass is 10.1. The van der Waals surface area contributed by atoms with Gasteiger partial charge in [-0.05, 0) is 50.5 Å². The highest BCUT2D eigenvalue weighted by Gasteiger charge is 2.25. The topological polar surface area (TPSA) is 82.2 Å². The van der Waals surface area contributed by atoms with E-state index in [1.165, 1.54) is 0 Å². The van der Waals surface area contributed by atoms with Gasteiger partial charge in [0, 0.05) is 66.7 Å². The first-order chi connectivity index (χ1) is 15.6. The van der Waals surface area contributed by atoms with Gasteiger partial charge in [-0.25, -0.2) is 9.97 Å². The van der Waals surface area contributed by atoms with Gasteiger partial charge in [-0.1, -0.05) is 6.07 Å². The Bertz CT molecular complexity index is 1120. The second-order valence-corrected chi connectivity index (χ2v) is 9.90. The minimum Gasteiger partial charge on any atom is -0.353 e. The molecule has 3 heterocycles. The highest BCUT2D eigenvalue weighted by molar-refractivity contribution is 7.22. The van der Waals surface area contributed by atoms with Gasteiger partial charge in [0.2, 0.25) is 5.95 Å². The number of amides is 1. The third-order valence-corrected chi connectivity index (χ3v) is 7.35. The number of piperazine rings is 1. The van der Waals surface area contributed by atoms with Gasteiger partial charge in [0.05, 0.1) is 10.6 Å². The number of thiophene rings is 1. The Morgan fingerprint density at radius 3 is 3.03 bits per heavy atom. The monoisotopic (exact) mass is 450 g/mol. The number of fused-ring (bicyclic) bond motifs is 1. The van der Waals surface area contributed by atoms with Crippen LogP contribution in [-0.4, -0.2) is 65.6 Å². The molecule has 3 aromatic rings. The molecule has 2 aliphatic rings. The van der Waals surface area contributed by atoms with Crippen LogP contribution in [0.5, 0.6) is 0 Å². The van der Waals surface area contributed by atoms with Crippen molar-refractivity contribution in [3.8, 4) is 10.6 Å². The van der Waals surface area contributed by atoms with Crippen LogP contribution in [0.3, 0.4) is 0 Å². The zero-order valence-corrected chi connectivity index (χ0v) is 19.5. The number of benzene rings is 1. The molecule has 8 heteroatoms. The quantitative estimate of drug-likeness (QED) is 0.513. The average molecular weight is 451 g/mol. The number of aromatic nitrogens is 2. The van der Waals surface area contributed by atoms with E-state index in [1.54, 1.807) is 11.3 Å². The van der Waals surface area contributed by atoms with Crippen molar-refractivity contribution in [2.75, 3.05) is 38.0 Å². The van der Waals surface area contributed by atoms with E-state index in [-0.39, 0.29) is 5.91 Å². The Kier molecular flexibility index (Phi) is 6.08. The van der Waals surface area contributed by atoms with E-state index in [1.807, 2.05) is 25.3 Å². The smallest absolute Gasteiger partial charge is 0.252 e. The maximum absolute atomic E-state index is 12.7. The van der Waals surface area contributed by atoms with E-state index >= 15 is 0 Å². The number of nitrogens with one attached hydrogen (secondary N) is 3. The Balaban J connectivity index is 1.34. The number of carbonyl (C=O) groups excluding carboxylic acids is 1. The second kappa shape index (κ2) is 9.13. The summed E-state index contributed by atoms with van der Waals surface area (Å²) in [5, 5.41) is 10.9. The molecule has 7 nitrogen and oxygen atoms in total. The van der Waals surface area contributed by atoms with Crippen LogP contribution >= 0.6 is 11.3 Å². The predicted molar refractivity (Wildman–Crippen MR) is 130 cm³/mol. The lowest BCUT2D eigenvalue weighted by Gasteiger charge is -2.33. The molecule has 5 rings (SSSR count). The van der Waals surface area contributed by atoms with Crippen molar-refractivity contribution in [1.82, 2.24) is 25.5 Å². The molecule has 1 aliphatic heterocycles. The normalized spacial score (nSPS) is 19.2. The van der Waals surface area contributed by atoms with Gasteiger partial charge >= 0.3 is 0 Å². The fourth-order valence-electron chi connectivity index (χ4n) is 4.17. The second-order valence-electron chi connectivity index (χ2n) is 8.82. The summed E-state index contributed by atoms with van der Waals surface area (Å²) in [6.45, 7) is 9.23. The molecule has 0 bridgehead atoms. The molecule has 1 aromatic carbocycles. The molecule has 1 saturated carbocycles. The SMILES string of the molecule is Cc1cnc(NCCN2CCNC[C@H]2C)nc1-c1cc2c(C(=O)NC3CC3)cccc2s1. The maximum atomic E-state index is 12.7. The Labute approximate surface area is 192 Å². The first-order valence-electron chi connectivity index (χ1n) is 11.4. The number of rotatable bonds is 7. The summed E-state index contributed by atoms with van der Waals surface area (Å²) in [6, 6.07) is 8.93. The first-order valence-corrected chi connectivity index (χ1v) is 12.3. The van der Waals surface area contributed by atoms with Crippen LogP contribution in [0, 0.1) is 6.92 Å². The van der Waals surface area contributed by atoms with Crippen molar-refractivity contribution in [2.45, 2.75) is 38.8 Å². The number of nitrogens with zero attached hydrogens (tertiary/aromatic N) is 3. The molecular formula is C24H30N6OS. The van der Waals surface area contributed by atoms with Crippen molar-refractivity contribution < 1.29 is 4.79 Å². The summed E-state index contributed by atoms with van der Waals surface area (Å²) in [5.41, 5.74) is 2.70. The Morgan fingerprint density at radius 2 is 2.22 bits per heavy atom. The van der Waals surface area contributed by atoms with Crippen LogP contribution in [-0.2, 0) is 0 Å². The first kappa shape index (κ1) is 21.3. The van der Waals surface area contributed by atoms with Crippen molar-refractivity contribution in [3.05, 3.63) is 41.6 Å². The molecule has 168 valence electrons. The van der Waals surface area contributed by atoms with Crippen LogP contribution < -0.4 is 16.0 Å². The van der Waals surface area contributed by atoms with Gasteiger partial charge in [0.25, 0.3) is 5.91 Å². The van der Waals surface area contributed by atoms with Crippen molar-refractivity contribution in [3.63, 3.8) is 0 Å². The van der Waals surface area contributed by atoms with Gasteiger partial charge in [-0.3, -0.25) is 9.69 Å². The molecule has 1 amide bonds. The van der Waals surface area contributed by atoms with Crippen LogP contribution in [0.25, 0.3) is 20.7 Å². The van der Waals surface area contributed by atoms with E-state index < -0.39 is 0 Å². The summed E-state index contributed by atoms with van der Waals surface area (Å²) >= 11 is 1.67. The van der Waals surface area contributed by atoms with Crippen molar-refractivity contribution >= 4 is 33.3 Å². The molecule has 2 fully saturated rings. The van der Waals surface area contributed by atoms with Crippen LogP contribution in [0.2, 0.25) is 0 Å².